The normalized spacial score (nSPS) is 20.2. The maximum atomic E-state index is 12.8. The number of rotatable bonds is 5. The van der Waals surface area contributed by atoms with E-state index in [4.69, 9.17) is 4.98 Å². The van der Waals surface area contributed by atoms with Crippen molar-refractivity contribution in [1.29, 1.82) is 0 Å². The van der Waals surface area contributed by atoms with Crippen molar-refractivity contribution in [2.24, 2.45) is 5.92 Å². The minimum Gasteiger partial charge on any atom is -0.345 e. The molecule has 1 saturated heterocycles. The molecule has 5 nitrogen and oxygen atoms in total. The molecule has 1 aliphatic heterocycles. The number of likely N-dealkylation sites (tertiary alicyclic amines) is 1. The zero-order chi connectivity index (χ0) is 17.3. The van der Waals surface area contributed by atoms with Crippen LogP contribution in [0, 0.1) is 5.92 Å². The average molecular weight is 350 g/mol. The van der Waals surface area contributed by atoms with Crippen molar-refractivity contribution in [3.05, 3.63) is 15.6 Å². The molecule has 2 atom stereocenters. The van der Waals surface area contributed by atoms with E-state index in [1.54, 1.807) is 16.2 Å². The highest BCUT2D eigenvalue weighted by molar-refractivity contribution is 7.11. The van der Waals surface area contributed by atoms with Gasteiger partial charge in [-0.1, -0.05) is 13.8 Å². The largest absolute Gasteiger partial charge is 0.345 e. The highest BCUT2D eigenvalue weighted by atomic mass is 32.1. The molecule has 0 bridgehead atoms. The van der Waals surface area contributed by atoms with Crippen LogP contribution in [0.2, 0.25) is 0 Å². The molecule has 132 valence electrons. The van der Waals surface area contributed by atoms with E-state index in [2.05, 4.69) is 5.32 Å². The monoisotopic (exact) mass is 349 g/mol. The molecule has 1 aromatic rings. The molecule has 2 amide bonds. The molecular weight excluding hydrogens is 322 g/mol. The molecule has 0 radical (unpaired) electrons. The van der Waals surface area contributed by atoms with Gasteiger partial charge in [0.15, 0.2) is 0 Å². The number of fused-ring (bicyclic) bond motifs is 1. The molecule has 2 aliphatic rings. The molecule has 1 N–H and O–H groups in total. The van der Waals surface area contributed by atoms with Gasteiger partial charge in [-0.05, 0) is 44.9 Å². The lowest BCUT2D eigenvalue weighted by Crippen LogP contribution is -2.50. The third-order valence-electron chi connectivity index (χ3n) is 4.94. The fourth-order valence-electron chi connectivity index (χ4n) is 3.69. The zero-order valence-electron chi connectivity index (χ0n) is 14.8. The smallest absolute Gasteiger partial charge is 0.243 e. The predicted molar refractivity (Wildman–Crippen MR) is 94.9 cm³/mol. The second-order valence-electron chi connectivity index (χ2n) is 7.24. The van der Waals surface area contributed by atoms with Crippen LogP contribution in [-0.4, -0.2) is 34.3 Å². The third-order valence-corrected chi connectivity index (χ3v) is 6.28. The lowest BCUT2D eigenvalue weighted by molar-refractivity contribution is -0.139. The van der Waals surface area contributed by atoms with Crippen LogP contribution in [0.5, 0.6) is 0 Å². The molecule has 0 unspecified atom stereocenters. The summed E-state index contributed by atoms with van der Waals surface area (Å²) in [5.41, 5.74) is 1.22. The van der Waals surface area contributed by atoms with Gasteiger partial charge in [0.05, 0.1) is 11.7 Å². The summed E-state index contributed by atoms with van der Waals surface area (Å²) < 4.78 is 0. The van der Waals surface area contributed by atoms with Gasteiger partial charge in [0.25, 0.3) is 0 Å². The lowest BCUT2D eigenvalue weighted by Gasteiger charge is -2.30. The number of nitrogens with zero attached hydrogens (tertiary/aromatic N) is 2. The average Bonchev–Trinajstić information content (AvgIpc) is 3.13. The third kappa shape index (κ3) is 3.48. The van der Waals surface area contributed by atoms with Crippen molar-refractivity contribution in [2.45, 2.75) is 71.4 Å². The van der Waals surface area contributed by atoms with Crippen molar-refractivity contribution in [1.82, 2.24) is 15.2 Å². The summed E-state index contributed by atoms with van der Waals surface area (Å²) in [6.45, 7) is 6.69. The minimum absolute atomic E-state index is 0.0547. The predicted octanol–water partition coefficient (Wildman–Crippen LogP) is 2.85. The van der Waals surface area contributed by atoms with E-state index >= 15 is 0 Å². The van der Waals surface area contributed by atoms with Crippen molar-refractivity contribution >= 4 is 23.2 Å². The highest BCUT2D eigenvalue weighted by Crippen LogP contribution is 2.30. The van der Waals surface area contributed by atoms with Crippen LogP contribution in [0.4, 0.5) is 0 Å². The first-order valence-corrected chi connectivity index (χ1v) is 9.87. The summed E-state index contributed by atoms with van der Waals surface area (Å²) in [6, 6.07) is -0.482. The molecule has 6 heteroatoms. The van der Waals surface area contributed by atoms with Gasteiger partial charge in [0, 0.05) is 17.8 Å². The fourth-order valence-corrected chi connectivity index (χ4v) is 4.84. The van der Waals surface area contributed by atoms with Gasteiger partial charge in [0.2, 0.25) is 11.8 Å². The number of nitrogens with one attached hydrogen (secondary N) is 1. The number of carbonyl (C=O) groups is 2. The molecule has 0 aromatic carbocycles. The Bertz CT molecular complexity index is 602. The van der Waals surface area contributed by atoms with Gasteiger partial charge in [-0.25, -0.2) is 4.98 Å². The minimum atomic E-state index is -0.378. The van der Waals surface area contributed by atoms with Crippen LogP contribution >= 0.6 is 11.3 Å². The first-order chi connectivity index (χ1) is 11.5. The molecule has 3 rings (SSSR count). The maximum absolute atomic E-state index is 12.8. The summed E-state index contributed by atoms with van der Waals surface area (Å²) in [4.78, 5) is 32.7. The van der Waals surface area contributed by atoms with Crippen LogP contribution in [-0.2, 0) is 22.4 Å². The Balaban J connectivity index is 1.70. The summed E-state index contributed by atoms with van der Waals surface area (Å²) >= 11 is 1.73. The molecule has 1 fully saturated rings. The Kier molecular flexibility index (Phi) is 5.23. The van der Waals surface area contributed by atoms with Crippen LogP contribution in [0.15, 0.2) is 0 Å². The van der Waals surface area contributed by atoms with Crippen LogP contribution in [0.25, 0.3) is 0 Å². The maximum Gasteiger partial charge on any atom is 0.243 e. The topological polar surface area (TPSA) is 62.3 Å². The Morgan fingerprint density at radius 3 is 2.54 bits per heavy atom. The van der Waals surface area contributed by atoms with Gasteiger partial charge in [-0.3, -0.25) is 9.59 Å². The second-order valence-corrected chi connectivity index (χ2v) is 8.35. The Labute approximate surface area is 147 Å². The number of hydrogen-bond donors (Lipinski definition) is 1. The van der Waals surface area contributed by atoms with E-state index in [9.17, 15) is 9.59 Å². The Hall–Kier alpha value is -1.43. The zero-order valence-corrected chi connectivity index (χ0v) is 15.6. The Morgan fingerprint density at radius 2 is 1.92 bits per heavy atom. The lowest BCUT2D eigenvalue weighted by atomic mass is 10.0. The van der Waals surface area contributed by atoms with Gasteiger partial charge < -0.3 is 10.2 Å². The summed E-state index contributed by atoms with van der Waals surface area (Å²) in [5, 5.41) is 4.09. The van der Waals surface area contributed by atoms with Crippen molar-refractivity contribution in [3.8, 4) is 0 Å². The van der Waals surface area contributed by atoms with E-state index in [0.29, 0.717) is 13.0 Å². The van der Waals surface area contributed by atoms with E-state index in [-0.39, 0.29) is 29.8 Å². The molecule has 2 heterocycles. The van der Waals surface area contributed by atoms with Gasteiger partial charge in [-0.2, -0.15) is 0 Å². The van der Waals surface area contributed by atoms with Gasteiger partial charge in [-0.15, -0.1) is 11.3 Å². The summed E-state index contributed by atoms with van der Waals surface area (Å²) in [6.07, 6.45) is 6.04. The van der Waals surface area contributed by atoms with E-state index in [1.165, 1.54) is 23.4 Å². The SMILES string of the molecule is CC(C)[C@@H](C(=O)N[C@@H](C)c1nc2c(s1)CCCC2)N1CCCC1=O. The fraction of sp³-hybridized carbons (Fsp3) is 0.722. The van der Waals surface area contributed by atoms with Crippen molar-refractivity contribution in [3.63, 3.8) is 0 Å². The van der Waals surface area contributed by atoms with Crippen LogP contribution < -0.4 is 5.32 Å². The number of aryl methyl sites for hydroxylation is 2. The summed E-state index contributed by atoms with van der Waals surface area (Å²) in [5.74, 6) is 0.144. The van der Waals surface area contributed by atoms with Crippen LogP contribution in [0.1, 0.15) is 68.1 Å². The van der Waals surface area contributed by atoms with Crippen molar-refractivity contribution in [2.75, 3.05) is 6.54 Å². The van der Waals surface area contributed by atoms with E-state index in [1.807, 2.05) is 20.8 Å². The first kappa shape index (κ1) is 17.4. The van der Waals surface area contributed by atoms with Gasteiger partial charge in [0.1, 0.15) is 11.0 Å². The number of aromatic nitrogens is 1. The van der Waals surface area contributed by atoms with E-state index in [0.717, 1.165) is 24.3 Å². The highest BCUT2D eigenvalue weighted by Gasteiger charge is 2.35. The van der Waals surface area contributed by atoms with Crippen LogP contribution in [0.3, 0.4) is 0 Å². The number of hydrogen-bond acceptors (Lipinski definition) is 4. The number of carbonyl (C=O) groups excluding carboxylic acids is 2. The summed E-state index contributed by atoms with van der Waals surface area (Å²) in [7, 11) is 0. The molecule has 0 saturated carbocycles. The molecule has 1 aliphatic carbocycles. The molecule has 1 aromatic heterocycles. The molecule has 0 spiro atoms. The first-order valence-electron chi connectivity index (χ1n) is 9.05. The van der Waals surface area contributed by atoms with Crippen molar-refractivity contribution < 1.29 is 9.59 Å². The standard InChI is InChI=1S/C18H27N3O2S/c1-11(2)16(21-10-6-9-15(21)22)17(23)19-12(3)18-20-13-7-4-5-8-14(13)24-18/h11-12,16H,4-10H2,1-3H3,(H,19,23)/t12-,16-/m0/s1. The Morgan fingerprint density at radius 1 is 1.17 bits per heavy atom. The van der Waals surface area contributed by atoms with Gasteiger partial charge >= 0.3 is 0 Å². The quantitative estimate of drug-likeness (QED) is 0.889. The molecule has 24 heavy (non-hydrogen) atoms. The number of amides is 2. The molecular formula is C18H27N3O2S. The number of thiazole rings is 1. The second kappa shape index (κ2) is 7.21. The van der Waals surface area contributed by atoms with E-state index < -0.39 is 0 Å².